The van der Waals surface area contributed by atoms with E-state index >= 15 is 0 Å². The summed E-state index contributed by atoms with van der Waals surface area (Å²) in [6, 6.07) is 19.4. The van der Waals surface area contributed by atoms with Gasteiger partial charge in [-0.15, -0.1) is 0 Å². The van der Waals surface area contributed by atoms with E-state index in [4.69, 9.17) is 0 Å². The highest BCUT2D eigenvalue weighted by molar-refractivity contribution is 5.66. The smallest absolute Gasteiger partial charge is 0.0705 e. The van der Waals surface area contributed by atoms with Crippen LogP contribution in [0.4, 0.5) is 5.69 Å². The summed E-state index contributed by atoms with van der Waals surface area (Å²) in [4.78, 5) is 4.75. The predicted molar refractivity (Wildman–Crippen MR) is 76.7 cm³/mol. The van der Waals surface area contributed by atoms with Gasteiger partial charge in [0.2, 0.25) is 0 Å². The molecule has 2 aromatic rings. The second kappa shape index (κ2) is 4.83. The monoisotopic (exact) mass is 238 g/mol. The van der Waals surface area contributed by atoms with E-state index in [1.807, 2.05) is 0 Å². The third kappa shape index (κ3) is 2.24. The Balaban J connectivity index is 1.81. The zero-order valence-corrected chi connectivity index (χ0v) is 10.7. The Labute approximate surface area is 108 Å². The Kier molecular flexibility index (Phi) is 3.03. The van der Waals surface area contributed by atoms with Crippen LogP contribution in [0, 0.1) is 0 Å². The number of anilines is 1. The summed E-state index contributed by atoms with van der Waals surface area (Å²) in [6.07, 6.45) is 0. The Bertz CT molecular complexity index is 504. The van der Waals surface area contributed by atoms with Gasteiger partial charge in [-0.2, -0.15) is 0 Å². The fourth-order valence-electron chi connectivity index (χ4n) is 2.43. The maximum Gasteiger partial charge on any atom is 0.0705 e. The first-order valence-corrected chi connectivity index (χ1v) is 6.42. The average Bonchev–Trinajstić information content (AvgIpc) is 2.87. The minimum Gasteiger partial charge on any atom is -0.357 e. The first-order valence-electron chi connectivity index (χ1n) is 6.42. The number of hydrogen-bond acceptors (Lipinski definition) is 2. The van der Waals surface area contributed by atoms with Crippen LogP contribution in [0.1, 0.15) is 0 Å². The van der Waals surface area contributed by atoms with Crippen LogP contribution in [0.5, 0.6) is 0 Å². The van der Waals surface area contributed by atoms with Crippen molar-refractivity contribution in [1.82, 2.24) is 4.90 Å². The lowest BCUT2D eigenvalue weighted by Crippen LogP contribution is -2.22. The molecule has 1 heterocycles. The van der Waals surface area contributed by atoms with E-state index in [-0.39, 0.29) is 0 Å². The van der Waals surface area contributed by atoms with Crippen LogP contribution in [0.15, 0.2) is 54.6 Å². The van der Waals surface area contributed by atoms with Gasteiger partial charge in [0, 0.05) is 18.8 Å². The summed E-state index contributed by atoms with van der Waals surface area (Å²) >= 11 is 0. The summed E-state index contributed by atoms with van der Waals surface area (Å²) in [5.74, 6) is 0. The molecular formula is C16H18N2. The highest BCUT2D eigenvalue weighted by Crippen LogP contribution is 2.24. The normalized spacial score (nSPS) is 16.2. The van der Waals surface area contributed by atoms with Crippen LogP contribution in [-0.2, 0) is 0 Å². The molecule has 1 aliphatic rings. The fourth-order valence-corrected chi connectivity index (χ4v) is 2.43. The van der Waals surface area contributed by atoms with E-state index in [0.717, 1.165) is 19.8 Å². The number of hydrogen-bond donors (Lipinski definition) is 0. The maximum absolute atomic E-state index is 2.41. The molecule has 0 bridgehead atoms. The Morgan fingerprint density at radius 1 is 0.778 bits per heavy atom. The molecule has 1 saturated heterocycles. The number of benzene rings is 2. The third-order valence-corrected chi connectivity index (χ3v) is 3.50. The summed E-state index contributed by atoms with van der Waals surface area (Å²) in [5, 5.41) is 0. The molecule has 92 valence electrons. The van der Waals surface area contributed by atoms with Gasteiger partial charge in [-0.25, -0.2) is 0 Å². The van der Waals surface area contributed by atoms with Gasteiger partial charge in [0.1, 0.15) is 0 Å². The standard InChI is InChI=1S/C16H18N2/c1-17-11-12-18(13-17)16-9-7-15(8-10-16)14-5-3-2-4-6-14/h2-10H,11-13H2,1H3. The van der Waals surface area contributed by atoms with Gasteiger partial charge in [-0.3, -0.25) is 4.90 Å². The second-order valence-corrected chi connectivity index (χ2v) is 4.90. The minimum atomic E-state index is 1.03. The van der Waals surface area contributed by atoms with Gasteiger partial charge in [-0.1, -0.05) is 42.5 Å². The molecule has 0 spiro atoms. The first kappa shape index (κ1) is 11.3. The molecule has 0 unspecified atom stereocenters. The average molecular weight is 238 g/mol. The van der Waals surface area contributed by atoms with Crippen LogP contribution < -0.4 is 4.90 Å². The quantitative estimate of drug-likeness (QED) is 0.793. The van der Waals surface area contributed by atoms with Crippen LogP contribution >= 0.6 is 0 Å². The zero-order chi connectivity index (χ0) is 12.4. The molecule has 1 fully saturated rings. The van der Waals surface area contributed by atoms with Gasteiger partial charge < -0.3 is 4.90 Å². The fraction of sp³-hybridized carbons (Fsp3) is 0.250. The number of likely N-dealkylation sites (N-methyl/N-ethyl adjacent to an activating group) is 1. The Hall–Kier alpha value is -1.80. The van der Waals surface area contributed by atoms with Gasteiger partial charge in [0.05, 0.1) is 6.67 Å². The molecule has 18 heavy (non-hydrogen) atoms. The van der Waals surface area contributed by atoms with E-state index in [1.54, 1.807) is 0 Å². The second-order valence-electron chi connectivity index (χ2n) is 4.90. The predicted octanol–water partition coefficient (Wildman–Crippen LogP) is 3.06. The minimum absolute atomic E-state index is 1.03. The van der Waals surface area contributed by atoms with Crippen LogP contribution in [0.2, 0.25) is 0 Å². The molecule has 0 amide bonds. The highest BCUT2D eigenvalue weighted by atomic mass is 15.4. The molecule has 2 heteroatoms. The largest absolute Gasteiger partial charge is 0.357 e. The zero-order valence-electron chi connectivity index (χ0n) is 10.7. The summed E-state index contributed by atoms with van der Waals surface area (Å²) in [6.45, 7) is 3.31. The lowest BCUT2D eigenvalue weighted by atomic mass is 10.1. The van der Waals surface area contributed by atoms with Crippen molar-refractivity contribution in [2.75, 3.05) is 31.7 Å². The summed E-state index contributed by atoms with van der Waals surface area (Å²) in [5.41, 5.74) is 3.88. The molecule has 0 aliphatic carbocycles. The summed E-state index contributed by atoms with van der Waals surface area (Å²) in [7, 11) is 2.17. The van der Waals surface area contributed by atoms with E-state index in [9.17, 15) is 0 Å². The van der Waals surface area contributed by atoms with Crippen molar-refractivity contribution in [2.45, 2.75) is 0 Å². The van der Waals surface area contributed by atoms with Crippen molar-refractivity contribution in [2.24, 2.45) is 0 Å². The molecule has 3 rings (SSSR count). The molecule has 0 radical (unpaired) electrons. The van der Waals surface area contributed by atoms with Crippen LogP contribution in [-0.4, -0.2) is 31.7 Å². The molecule has 1 aliphatic heterocycles. The summed E-state index contributed by atoms with van der Waals surface area (Å²) < 4.78 is 0. The number of nitrogens with zero attached hydrogens (tertiary/aromatic N) is 2. The first-order chi connectivity index (χ1) is 8.83. The molecular weight excluding hydrogens is 220 g/mol. The SMILES string of the molecule is CN1CCN(c2ccc(-c3ccccc3)cc2)C1. The lowest BCUT2D eigenvalue weighted by Gasteiger charge is -2.18. The van der Waals surface area contributed by atoms with Crippen molar-refractivity contribution >= 4 is 5.69 Å². The van der Waals surface area contributed by atoms with E-state index < -0.39 is 0 Å². The van der Waals surface area contributed by atoms with Gasteiger partial charge >= 0.3 is 0 Å². The van der Waals surface area contributed by atoms with Crippen LogP contribution in [0.25, 0.3) is 11.1 Å². The van der Waals surface area contributed by atoms with Crippen molar-refractivity contribution in [1.29, 1.82) is 0 Å². The topological polar surface area (TPSA) is 6.48 Å². The maximum atomic E-state index is 2.41. The molecule has 0 aromatic heterocycles. The van der Waals surface area contributed by atoms with Gasteiger partial charge in [0.15, 0.2) is 0 Å². The molecule has 0 saturated carbocycles. The third-order valence-electron chi connectivity index (χ3n) is 3.50. The molecule has 2 aromatic carbocycles. The highest BCUT2D eigenvalue weighted by Gasteiger charge is 2.16. The molecule has 0 atom stereocenters. The lowest BCUT2D eigenvalue weighted by molar-refractivity contribution is 0.421. The Morgan fingerprint density at radius 2 is 1.44 bits per heavy atom. The van der Waals surface area contributed by atoms with E-state index in [0.29, 0.717) is 0 Å². The van der Waals surface area contributed by atoms with Crippen molar-refractivity contribution in [3.8, 4) is 11.1 Å². The van der Waals surface area contributed by atoms with Crippen molar-refractivity contribution in [3.05, 3.63) is 54.6 Å². The molecule has 0 N–H and O–H groups in total. The Morgan fingerprint density at radius 3 is 2.06 bits per heavy atom. The van der Waals surface area contributed by atoms with E-state index in [2.05, 4.69) is 71.4 Å². The van der Waals surface area contributed by atoms with Gasteiger partial charge in [0.25, 0.3) is 0 Å². The van der Waals surface area contributed by atoms with Crippen molar-refractivity contribution in [3.63, 3.8) is 0 Å². The molecule has 2 nitrogen and oxygen atoms in total. The van der Waals surface area contributed by atoms with E-state index in [1.165, 1.54) is 16.8 Å². The number of rotatable bonds is 2. The van der Waals surface area contributed by atoms with Gasteiger partial charge in [-0.05, 0) is 30.3 Å². The van der Waals surface area contributed by atoms with Crippen LogP contribution in [0.3, 0.4) is 0 Å². The van der Waals surface area contributed by atoms with Crippen molar-refractivity contribution < 1.29 is 0 Å².